The first kappa shape index (κ1) is 56.5. The van der Waals surface area contributed by atoms with Crippen LogP contribution in [0.25, 0.3) is 28.1 Å². The number of aliphatic imine (C=N–C) groups is 1. The summed E-state index contributed by atoms with van der Waals surface area (Å²) in [6, 6.07) is 35.3. The number of likely N-dealkylation sites (N-methyl/N-ethyl adjacent to an activating group) is 2. The summed E-state index contributed by atoms with van der Waals surface area (Å²) in [6.07, 6.45) is 15.3. The van der Waals surface area contributed by atoms with Gasteiger partial charge in [-0.2, -0.15) is 0 Å². The monoisotopic (exact) mass is 1090 g/mol. The Labute approximate surface area is 480 Å². The molecule has 2 saturated heterocycles. The van der Waals surface area contributed by atoms with E-state index in [-0.39, 0.29) is 17.6 Å². The van der Waals surface area contributed by atoms with Crippen LogP contribution in [0.4, 0.5) is 11.4 Å². The molecule has 8 aromatic rings. The molecule has 11 rings (SSSR count). The second-order valence-electron chi connectivity index (χ2n) is 21.5. The highest BCUT2D eigenvalue weighted by molar-refractivity contribution is 6.05. The Balaban J connectivity index is 0.000000184. The predicted molar refractivity (Wildman–Crippen MR) is 324 cm³/mol. The number of aryl methyl sites for hydroxylation is 2. The first-order valence-corrected chi connectivity index (χ1v) is 27.9. The summed E-state index contributed by atoms with van der Waals surface area (Å²) < 4.78 is 0. The van der Waals surface area contributed by atoms with Gasteiger partial charge < -0.3 is 20.4 Å². The minimum Gasteiger partial charge on any atom is -0.322 e. The normalized spacial score (nSPS) is 14.9. The van der Waals surface area contributed by atoms with E-state index in [4.69, 9.17) is 9.97 Å². The van der Waals surface area contributed by atoms with E-state index < -0.39 is 0 Å². The van der Waals surface area contributed by atoms with Gasteiger partial charge >= 0.3 is 0 Å². The Kier molecular flexibility index (Phi) is 18.4. The number of Topliss-reactive ketones (excluding diaryl/α,β-unsaturated/α-hetero) is 1. The number of benzene rings is 4. The molecule has 4 aromatic heterocycles. The molecule has 3 aliphatic heterocycles. The van der Waals surface area contributed by atoms with Crippen molar-refractivity contribution in [3.05, 3.63) is 220 Å². The van der Waals surface area contributed by atoms with Crippen LogP contribution in [0.1, 0.15) is 88.6 Å². The fraction of sp³-hybridized carbons (Fsp3) is 0.273. The second-order valence-corrected chi connectivity index (χ2v) is 21.5. The van der Waals surface area contributed by atoms with Gasteiger partial charge in [0.1, 0.15) is 11.6 Å². The fourth-order valence-corrected chi connectivity index (χ4v) is 10.0. The maximum Gasteiger partial charge on any atom is 0.255 e. The Morgan fingerprint density at radius 3 is 1.44 bits per heavy atom. The van der Waals surface area contributed by atoms with E-state index in [0.717, 1.165) is 127 Å². The Morgan fingerprint density at radius 1 is 0.512 bits per heavy atom. The number of carbonyl (C=O) groups excluding carboxylic acids is 3. The van der Waals surface area contributed by atoms with E-state index in [1.54, 1.807) is 30.9 Å². The molecule has 2 amide bonds. The second kappa shape index (κ2) is 26.6. The topological polar surface area (TPSA) is 178 Å². The smallest absolute Gasteiger partial charge is 0.255 e. The summed E-state index contributed by atoms with van der Waals surface area (Å²) in [7, 11) is 4.32. The van der Waals surface area contributed by atoms with Crippen molar-refractivity contribution < 1.29 is 14.4 Å². The first-order chi connectivity index (χ1) is 39.8. The largest absolute Gasteiger partial charge is 0.322 e. The van der Waals surface area contributed by atoms with Crippen molar-refractivity contribution in [1.82, 2.24) is 49.5 Å². The average molecular weight is 1090 g/mol. The van der Waals surface area contributed by atoms with Gasteiger partial charge in [0, 0.05) is 161 Å². The quantitative estimate of drug-likeness (QED) is 0.0876. The highest BCUT2D eigenvalue weighted by Gasteiger charge is 2.18. The van der Waals surface area contributed by atoms with Crippen LogP contribution in [0.15, 0.2) is 157 Å². The van der Waals surface area contributed by atoms with Gasteiger partial charge in [-0.25, -0.2) is 19.9 Å². The summed E-state index contributed by atoms with van der Waals surface area (Å²) in [6.45, 7) is 16.7. The van der Waals surface area contributed by atoms with E-state index in [9.17, 15) is 14.4 Å². The van der Waals surface area contributed by atoms with Crippen molar-refractivity contribution in [2.75, 3.05) is 83.6 Å². The molecular weight excluding hydrogens is 1020 g/mol. The molecule has 0 aliphatic carbocycles. The minimum absolute atomic E-state index is 0.0419. The number of nitrogens with one attached hydrogen (secondary N) is 2. The number of hydrogen-bond donors (Lipinski definition) is 2. The van der Waals surface area contributed by atoms with Gasteiger partial charge in [0.25, 0.3) is 11.8 Å². The first-order valence-electron chi connectivity index (χ1n) is 27.9. The number of pyridine rings is 2. The maximum absolute atomic E-state index is 13.1. The van der Waals surface area contributed by atoms with Crippen LogP contribution in [0.3, 0.4) is 0 Å². The van der Waals surface area contributed by atoms with Crippen molar-refractivity contribution in [2.24, 2.45) is 4.99 Å². The molecule has 0 spiro atoms. The summed E-state index contributed by atoms with van der Waals surface area (Å²) in [5, 5.41) is 6.10. The lowest BCUT2D eigenvalue weighted by Gasteiger charge is -2.32. The van der Waals surface area contributed by atoms with Crippen LogP contribution in [0, 0.1) is 13.8 Å². The van der Waals surface area contributed by atoms with Crippen molar-refractivity contribution in [3.8, 4) is 22.5 Å². The van der Waals surface area contributed by atoms with Crippen LogP contribution in [0.2, 0.25) is 0 Å². The lowest BCUT2D eigenvalue weighted by atomic mass is 10.0. The van der Waals surface area contributed by atoms with Gasteiger partial charge in [-0.05, 0) is 158 Å². The van der Waals surface area contributed by atoms with Crippen molar-refractivity contribution >= 4 is 40.8 Å². The number of piperazine rings is 2. The average Bonchev–Trinajstić information content (AvgIpc) is 4.14. The predicted octanol–water partition coefficient (Wildman–Crippen LogP) is 9.55. The van der Waals surface area contributed by atoms with Gasteiger partial charge in [0.15, 0.2) is 5.78 Å². The Bertz CT molecular complexity index is 3620. The summed E-state index contributed by atoms with van der Waals surface area (Å²) >= 11 is 0. The van der Waals surface area contributed by atoms with Crippen molar-refractivity contribution in [1.29, 1.82) is 0 Å². The highest BCUT2D eigenvalue weighted by Crippen LogP contribution is 2.26. The summed E-state index contributed by atoms with van der Waals surface area (Å²) in [5.41, 5.74) is 15.5. The molecule has 16 nitrogen and oxygen atoms in total. The van der Waals surface area contributed by atoms with Gasteiger partial charge in [-0.1, -0.05) is 36.4 Å². The fourth-order valence-electron chi connectivity index (χ4n) is 10.0. The van der Waals surface area contributed by atoms with Crippen LogP contribution >= 0.6 is 0 Å². The molecule has 0 unspecified atom stereocenters. The number of ketones is 1. The molecule has 0 atom stereocenters. The van der Waals surface area contributed by atoms with Crippen LogP contribution in [-0.2, 0) is 25.9 Å². The summed E-state index contributed by atoms with van der Waals surface area (Å²) in [5.74, 6) is 1.05. The van der Waals surface area contributed by atoms with Gasteiger partial charge in [-0.15, -0.1) is 0 Å². The maximum atomic E-state index is 13.1. The zero-order valence-corrected chi connectivity index (χ0v) is 47.3. The van der Waals surface area contributed by atoms with Gasteiger partial charge in [0.2, 0.25) is 0 Å². The molecule has 0 bridgehead atoms. The third kappa shape index (κ3) is 15.1. The number of hydrogen-bond acceptors (Lipinski definition) is 14. The molecule has 416 valence electrons. The molecule has 0 saturated carbocycles. The third-order valence-electron chi connectivity index (χ3n) is 15.2. The number of carbonyl (C=O) groups is 3. The van der Waals surface area contributed by atoms with Gasteiger partial charge in [-0.3, -0.25) is 39.1 Å². The number of allylic oxidation sites excluding steroid dienone is 1. The Morgan fingerprint density at radius 2 is 0.976 bits per heavy atom. The Hall–Kier alpha value is -8.80. The van der Waals surface area contributed by atoms with Gasteiger partial charge in [0.05, 0.1) is 17.9 Å². The number of aromatic nitrogens is 6. The molecule has 4 aromatic carbocycles. The molecule has 2 N–H and O–H groups in total. The van der Waals surface area contributed by atoms with E-state index >= 15 is 0 Å². The molecule has 82 heavy (non-hydrogen) atoms. The number of amides is 2. The van der Waals surface area contributed by atoms with Crippen molar-refractivity contribution in [2.45, 2.75) is 46.7 Å². The van der Waals surface area contributed by atoms with Crippen molar-refractivity contribution in [3.63, 3.8) is 0 Å². The van der Waals surface area contributed by atoms with Crippen LogP contribution < -0.4 is 10.6 Å². The lowest BCUT2D eigenvalue weighted by molar-refractivity contribution is 0.101. The van der Waals surface area contributed by atoms with Crippen LogP contribution in [-0.4, -0.2) is 146 Å². The number of nitrogens with zero attached hydrogens (tertiary/aromatic N) is 11. The third-order valence-corrected chi connectivity index (χ3v) is 15.2. The van der Waals surface area contributed by atoms with Crippen LogP contribution in [0.5, 0.6) is 0 Å². The molecule has 0 radical (unpaired) electrons. The SMILES string of the molecule is CC(=O)c1cncc(-c2ccnc(Cc3cc(NC(=O)c4ccc(CN5CCN(C)CC5)cc4)ccc3C)n2)c1.Cc1ccc(NC(=O)c2ccc(CN3CCN(C)CC3)cc2)cc1Cc1nccc(-c2cncc(C3=CC=NC3)c2)n1. The lowest BCUT2D eigenvalue weighted by Crippen LogP contribution is -2.43. The van der Waals surface area contributed by atoms with E-state index in [2.05, 4.69) is 94.4 Å². The minimum atomic E-state index is -0.142. The zero-order chi connectivity index (χ0) is 57.0. The molecule has 16 heteroatoms. The molecule has 3 aliphatic rings. The molecular formula is C66H69N13O3. The standard InChI is InChI=1S/C34H35N7O.C32H34N6O2/c1-24-3-8-31(38-34(42)26-6-4-25(5-7-26)23-41-15-13-40(2)14-16-41)18-28(24)19-33-37-12-10-32(39-33)30-17-29(21-36-22-30)27-9-11-35-20-27;1-22-4-9-29(35-32(40)25-7-5-24(6-8-25)21-38-14-12-37(3)13-15-38)17-26(22)18-31-34-11-10-30(36-31)28-16-27(23(2)39)19-33-20-28/h3-12,17-18,21-22H,13-16,19-20,23H2,1-2H3,(H,38,42);4-11,16-17,19-20H,12-15,18,21H2,1-3H3,(H,35,40). The number of anilines is 2. The highest BCUT2D eigenvalue weighted by atomic mass is 16.2. The zero-order valence-electron chi connectivity index (χ0n) is 47.3. The van der Waals surface area contributed by atoms with E-state index in [1.807, 2.05) is 117 Å². The molecule has 7 heterocycles. The van der Waals surface area contributed by atoms with E-state index in [1.165, 1.54) is 18.1 Å². The summed E-state index contributed by atoms with van der Waals surface area (Å²) in [4.78, 5) is 78.9. The number of rotatable bonds is 16. The molecule has 2 fully saturated rings. The van der Waals surface area contributed by atoms with E-state index in [0.29, 0.717) is 53.4 Å².